The lowest BCUT2D eigenvalue weighted by atomic mass is 10.2. The van der Waals surface area contributed by atoms with Gasteiger partial charge in [0.2, 0.25) is 15.9 Å². The molecular weight excluding hydrogens is 420 g/mol. The van der Waals surface area contributed by atoms with Gasteiger partial charge in [0.05, 0.1) is 42.4 Å². The summed E-state index contributed by atoms with van der Waals surface area (Å²) in [5.41, 5.74) is 0.613. The fraction of sp³-hybridized carbons (Fsp3) is 0.263. The van der Waals surface area contributed by atoms with Gasteiger partial charge < -0.3 is 14.8 Å². The molecule has 0 aromatic heterocycles. The normalized spacial score (nSPS) is 12.0. The highest BCUT2D eigenvalue weighted by Gasteiger charge is 2.30. The Kier molecular flexibility index (Phi) is 7.10. The van der Waals surface area contributed by atoms with Crippen LogP contribution in [0.15, 0.2) is 42.5 Å². The minimum Gasteiger partial charge on any atom is -0.497 e. The smallest absolute Gasteiger partial charge is 0.337 e. The van der Waals surface area contributed by atoms with E-state index in [0.717, 1.165) is 10.6 Å². The molecule has 0 heterocycles. The number of ether oxygens (including phenoxy) is 2. The number of hydrogen-bond acceptors (Lipinski definition) is 6. The number of carbonyl (C=O) groups is 2. The number of rotatable bonds is 7. The quantitative estimate of drug-likeness (QED) is 0.664. The number of nitrogens with zero attached hydrogens (tertiary/aromatic N) is 1. The van der Waals surface area contributed by atoms with Gasteiger partial charge in [0.1, 0.15) is 11.8 Å². The first kappa shape index (κ1) is 22.5. The molecule has 2 aromatic rings. The molecule has 1 atom stereocenters. The van der Waals surface area contributed by atoms with Crippen molar-refractivity contribution in [2.75, 3.05) is 30.1 Å². The molecule has 0 bridgehead atoms. The Bertz CT molecular complexity index is 1030. The Balaban J connectivity index is 2.36. The van der Waals surface area contributed by atoms with Crippen molar-refractivity contribution in [2.45, 2.75) is 13.0 Å². The molecular formula is C19H21ClN2O6S. The molecule has 8 nitrogen and oxygen atoms in total. The molecule has 156 valence electrons. The summed E-state index contributed by atoms with van der Waals surface area (Å²) < 4.78 is 35.6. The number of anilines is 2. The zero-order chi connectivity index (χ0) is 21.8. The molecule has 0 unspecified atom stereocenters. The van der Waals surface area contributed by atoms with Crippen molar-refractivity contribution in [3.63, 3.8) is 0 Å². The van der Waals surface area contributed by atoms with Crippen LogP contribution in [0.25, 0.3) is 0 Å². The summed E-state index contributed by atoms with van der Waals surface area (Å²) in [5, 5.41) is 2.75. The Hall–Kier alpha value is -2.78. The van der Waals surface area contributed by atoms with Gasteiger partial charge in [-0.05, 0) is 37.3 Å². The summed E-state index contributed by atoms with van der Waals surface area (Å²) >= 11 is 6.10. The molecule has 29 heavy (non-hydrogen) atoms. The molecule has 0 aliphatic heterocycles. The SMILES string of the molecule is COC(=O)c1ccc(Cl)c(NC(=O)[C@H](C)N(c2cccc(OC)c2)S(C)(=O)=O)c1. The van der Waals surface area contributed by atoms with E-state index < -0.39 is 27.9 Å². The Labute approximate surface area is 174 Å². The second-order valence-corrected chi connectivity index (χ2v) is 8.38. The van der Waals surface area contributed by atoms with Gasteiger partial charge >= 0.3 is 5.97 Å². The number of sulfonamides is 1. The third-order valence-corrected chi connectivity index (χ3v) is 5.61. The fourth-order valence-electron chi connectivity index (χ4n) is 2.66. The van der Waals surface area contributed by atoms with Crippen LogP contribution in [0.4, 0.5) is 11.4 Å². The first-order valence-corrected chi connectivity index (χ1v) is 10.6. The van der Waals surface area contributed by atoms with E-state index in [9.17, 15) is 18.0 Å². The van der Waals surface area contributed by atoms with Crippen molar-refractivity contribution >= 4 is 44.9 Å². The summed E-state index contributed by atoms with van der Waals surface area (Å²) in [6, 6.07) is 9.47. The molecule has 0 radical (unpaired) electrons. The van der Waals surface area contributed by atoms with Crippen molar-refractivity contribution in [1.82, 2.24) is 0 Å². The summed E-state index contributed by atoms with van der Waals surface area (Å²) in [7, 11) is -1.12. The predicted molar refractivity (Wildman–Crippen MR) is 111 cm³/mol. The number of amides is 1. The molecule has 2 rings (SSSR count). The third kappa shape index (κ3) is 5.39. The minimum absolute atomic E-state index is 0.158. The van der Waals surface area contributed by atoms with E-state index in [1.54, 1.807) is 18.2 Å². The zero-order valence-corrected chi connectivity index (χ0v) is 17.9. The number of benzene rings is 2. The molecule has 10 heteroatoms. The highest BCUT2D eigenvalue weighted by atomic mass is 35.5. The average molecular weight is 441 g/mol. The molecule has 0 saturated carbocycles. The van der Waals surface area contributed by atoms with Crippen LogP contribution in [0.1, 0.15) is 17.3 Å². The predicted octanol–water partition coefficient (Wildman–Crippen LogP) is 2.93. The largest absolute Gasteiger partial charge is 0.497 e. The van der Waals surface area contributed by atoms with Crippen LogP contribution in [-0.4, -0.2) is 46.8 Å². The molecule has 0 aliphatic rings. The van der Waals surface area contributed by atoms with E-state index in [1.807, 2.05) is 0 Å². The van der Waals surface area contributed by atoms with Gasteiger partial charge in [0.15, 0.2) is 0 Å². The zero-order valence-electron chi connectivity index (χ0n) is 16.3. The number of hydrogen-bond donors (Lipinski definition) is 1. The van der Waals surface area contributed by atoms with Gasteiger partial charge in [0, 0.05) is 6.07 Å². The molecule has 0 saturated heterocycles. The molecule has 1 amide bonds. The second-order valence-electron chi connectivity index (χ2n) is 6.11. The summed E-state index contributed by atoms with van der Waals surface area (Å²) in [4.78, 5) is 24.5. The lowest BCUT2D eigenvalue weighted by molar-refractivity contribution is -0.116. The lowest BCUT2D eigenvalue weighted by Crippen LogP contribution is -2.45. The van der Waals surface area contributed by atoms with Crippen LogP contribution in [0.3, 0.4) is 0 Å². The van der Waals surface area contributed by atoms with Crippen LogP contribution in [0, 0.1) is 0 Å². The van der Waals surface area contributed by atoms with E-state index in [4.69, 9.17) is 16.3 Å². The van der Waals surface area contributed by atoms with Crippen LogP contribution < -0.4 is 14.4 Å². The first-order valence-electron chi connectivity index (χ1n) is 8.40. The van der Waals surface area contributed by atoms with Crippen LogP contribution in [0.2, 0.25) is 5.02 Å². The molecule has 0 aliphatic carbocycles. The monoisotopic (exact) mass is 440 g/mol. The molecule has 1 N–H and O–H groups in total. The average Bonchev–Trinajstić information content (AvgIpc) is 2.68. The maximum atomic E-state index is 12.8. The Morgan fingerprint density at radius 3 is 2.41 bits per heavy atom. The van der Waals surface area contributed by atoms with Crippen molar-refractivity contribution in [3.8, 4) is 5.75 Å². The lowest BCUT2D eigenvalue weighted by Gasteiger charge is -2.28. The molecule has 0 spiro atoms. The maximum Gasteiger partial charge on any atom is 0.337 e. The van der Waals surface area contributed by atoms with Crippen molar-refractivity contribution in [3.05, 3.63) is 53.1 Å². The topological polar surface area (TPSA) is 102 Å². The van der Waals surface area contributed by atoms with Gasteiger partial charge in [-0.2, -0.15) is 0 Å². The van der Waals surface area contributed by atoms with Crippen LogP contribution in [0.5, 0.6) is 5.75 Å². The number of nitrogens with one attached hydrogen (secondary N) is 1. The van der Waals surface area contributed by atoms with E-state index in [0.29, 0.717) is 5.75 Å². The minimum atomic E-state index is -3.81. The van der Waals surface area contributed by atoms with Gasteiger partial charge in [-0.25, -0.2) is 13.2 Å². The van der Waals surface area contributed by atoms with Gasteiger partial charge in [-0.3, -0.25) is 9.10 Å². The van der Waals surface area contributed by atoms with Crippen molar-refractivity contribution in [2.24, 2.45) is 0 Å². The molecule has 0 fully saturated rings. The fourth-order valence-corrected chi connectivity index (χ4v) is 3.99. The summed E-state index contributed by atoms with van der Waals surface area (Å²) in [6.07, 6.45) is 1.00. The van der Waals surface area contributed by atoms with Gasteiger partial charge in [-0.15, -0.1) is 0 Å². The number of halogens is 1. The first-order chi connectivity index (χ1) is 13.6. The number of methoxy groups -OCH3 is 2. The van der Waals surface area contributed by atoms with E-state index in [2.05, 4.69) is 10.1 Å². The van der Waals surface area contributed by atoms with Crippen LogP contribution in [-0.2, 0) is 19.6 Å². The number of carbonyl (C=O) groups excluding carboxylic acids is 2. The molecule has 2 aromatic carbocycles. The van der Waals surface area contributed by atoms with Crippen molar-refractivity contribution in [1.29, 1.82) is 0 Å². The highest BCUT2D eigenvalue weighted by Crippen LogP contribution is 2.27. The highest BCUT2D eigenvalue weighted by molar-refractivity contribution is 7.92. The van der Waals surface area contributed by atoms with E-state index in [-0.39, 0.29) is 22.0 Å². The van der Waals surface area contributed by atoms with E-state index in [1.165, 1.54) is 45.4 Å². The third-order valence-electron chi connectivity index (χ3n) is 4.04. The van der Waals surface area contributed by atoms with Gasteiger partial charge in [-0.1, -0.05) is 17.7 Å². The maximum absolute atomic E-state index is 12.8. The Morgan fingerprint density at radius 2 is 1.83 bits per heavy atom. The summed E-state index contributed by atoms with van der Waals surface area (Å²) in [5.74, 6) is -0.793. The Morgan fingerprint density at radius 1 is 1.14 bits per heavy atom. The standard InChI is InChI=1S/C19H21ClN2O6S/c1-12(22(29(4,25)26)14-6-5-7-15(11-14)27-2)18(23)21-17-10-13(19(24)28-3)8-9-16(17)20/h5-12H,1-4H3,(H,21,23)/t12-/m0/s1. The van der Waals surface area contributed by atoms with Gasteiger partial charge in [0.25, 0.3) is 0 Å². The van der Waals surface area contributed by atoms with E-state index >= 15 is 0 Å². The number of esters is 1. The van der Waals surface area contributed by atoms with Crippen molar-refractivity contribution < 1.29 is 27.5 Å². The van der Waals surface area contributed by atoms with Crippen LogP contribution >= 0.6 is 11.6 Å². The summed E-state index contributed by atoms with van der Waals surface area (Å²) in [6.45, 7) is 1.44. The second kappa shape index (κ2) is 9.15.